The van der Waals surface area contributed by atoms with Crippen LogP contribution < -0.4 is 0 Å². The van der Waals surface area contributed by atoms with E-state index >= 15 is 0 Å². The summed E-state index contributed by atoms with van der Waals surface area (Å²) in [5.41, 5.74) is 1.88. The van der Waals surface area contributed by atoms with Crippen LogP contribution in [0.25, 0.3) is 11.4 Å². The van der Waals surface area contributed by atoms with E-state index in [2.05, 4.69) is 15.4 Å². The molecule has 128 valence electrons. The Bertz CT molecular complexity index is 847. The molecule has 7 heteroatoms. The van der Waals surface area contributed by atoms with Gasteiger partial charge in [-0.1, -0.05) is 41.9 Å². The Morgan fingerprint density at radius 2 is 1.84 bits per heavy atom. The van der Waals surface area contributed by atoms with E-state index in [-0.39, 0.29) is 18.5 Å². The molecule has 1 atom stereocenters. The number of carbonyl (C=O) groups excluding carboxylic acids is 1. The minimum atomic E-state index is -0.0867. The quantitative estimate of drug-likeness (QED) is 0.705. The van der Waals surface area contributed by atoms with E-state index in [1.807, 2.05) is 49.4 Å². The summed E-state index contributed by atoms with van der Waals surface area (Å²) in [6.45, 7) is 2.02. The van der Waals surface area contributed by atoms with Crippen LogP contribution in [0.5, 0.6) is 0 Å². The normalized spacial score (nSPS) is 12.0. The molecule has 0 aliphatic rings. The summed E-state index contributed by atoms with van der Waals surface area (Å²) in [4.78, 5) is 15.5. The van der Waals surface area contributed by atoms with Crippen LogP contribution in [0.3, 0.4) is 0 Å². The fourth-order valence-corrected chi connectivity index (χ4v) is 2.55. The van der Waals surface area contributed by atoms with Crippen molar-refractivity contribution in [3.63, 3.8) is 0 Å². The summed E-state index contributed by atoms with van der Waals surface area (Å²) in [5, 5.41) is 12.9. The Morgan fingerprint density at radius 1 is 1.16 bits per heavy atom. The first-order chi connectivity index (χ1) is 12.0. The van der Waals surface area contributed by atoms with E-state index < -0.39 is 0 Å². The molecule has 0 radical (unpaired) electrons. The largest absolute Gasteiger partial charge is 0.337 e. The molecule has 0 fully saturated rings. The topological polar surface area (TPSA) is 63.9 Å². The van der Waals surface area contributed by atoms with E-state index in [9.17, 15) is 4.79 Å². The van der Waals surface area contributed by atoms with Crippen LogP contribution in [0.4, 0.5) is 0 Å². The number of halogens is 1. The maximum absolute atomic E-state index is 12.5. The molecule has 1 unspecified atom stereocenters. The van der Waals surface area contributed by atoms with Crippen LogP contribution in [0, 0.1) is 0 Å². The minimum Gasteiger partial charge on any atom is -0.337 e. The van der Waals surface area contributed by atoms with Crippen molar-refractivity contribution in [2.75, 3.05) is 7.05 Å². The summed E-state index contributed by atoms with van der Waals surface area (Å²) in [6, 6.07) is 17.0. The van der Waals surface area contributed by atoms with E-state index in [1.54, 1.807) is 24.1 Å². The Morgan fingerprint density at radius 3 is 2.52 bits per heavy atom. The van der Waals surface area contributed by atoms with Gasteiger partial charge in [0.25, 0.3) is 0 Å². The predicted octanol–water partition coefficient (Wildman–Crippen LogP) is 3.21. The van der Waals surface area contributed by atoms with Crippen molar-refractivity contribution in [3.8, 4) is 11.4 Å². The van der Waals surface area contributed by atoms with Crippen LogP contribution in [0.1, 0.15) is 18.5 Å². The van der Waals surface area contributed by atoms with Gasteiger partial charge in [-0.2, -0.15) is 4.80 Å². The zero-order valence-corrected chi connectivity index (χ0v) is 14.8. The molecule has 1 amide bonds. The minimum absolute atomic E-state index is 0.0343. The lowest BCUT2D eigenvalue weighted by atomic mass is 10.1. The van der Waals surface area contributed by atoms with Crippen molar-refractivity contribution in [3.05, 3.63) is 65.2 Å². The SMILES string of the molecule is CC(c1ccccc1)N(C)C(=O)Cn1nnc(-c2ccc(Cl)cc2)n1. The van der Waals surface area contributed by atoms with Gasteiger partial charge in [0, 0.05) is 17.6 Å². The molecular weight excluding hydrogens is 338 g/mol. The smallest absolute Gasteiger partial charge is 0.246 e. The van der Waals surface area contributed by atoms with E-state index in [1.165, 1.54) is 4.80 Å². The van der Waals surface area contributed by atoms with Gasteiger partial charge in [0.05, 0.1) is 6.04 Å². The van der Waals surface area contributed by atoms with Gasteiger partial charge in [0.2, 0.25) is 11.7 Å². The molecule has 2 aromatic carbocycles. The van der Waals surface area contributed by atoms with E-state index in [4.69, 9.17) is 11.6 Å². The fourth-order valence-electron chi connectivity index (χ4n) is 2.43. The molecule has 0 bridgehead atoms. The van der Waals surface area contributed by atoms with Crippen LogP contribution in [-0.4, -0.2) is 38.1 Å². The number of hydrogen-bond donors (Lipinski definition) is 0. The lowest BCUT2D eigenvalue weighted by Gasteiger charge is -2.25. The van der Waals surface area contributed by atoms with Gasteiger partial charge in [-0.25, -0.2) is 0 Å². The van der Waals surface area contributed by atoms with Crippen molar-refractivity contribution >= 4 is 17.5 Å². The van der Waals surface area contributed by atoms with Gasteiger partial charge in [-0.05, 0) is 42.0 Å². The first-order valence-electron chi connectivity index (χ1n) is 7.89. The second kappa shape index (κ2) is 7.44. The molecule has 25 heavy (non-hydrogen) atoms. The molecule has 3 aromatic rings. The molecule has 1 heterocycles. The second-order valence-corrected chi connectivity index (χ2v) is 6.18. The predicted molar refractivity (Wildman–Crippen MR) is 95.9 cm³/mol. The standard InChI is InChI=1S/C18H18ClN5O/c1-13(14-6-4-3-5-7-14)23(2)17(25)12-24-21-18(20-22-24)15-8-10-16(19)11-9-15/h3-11,13H,12H2,1-2H3. The van der Waals surface area contributed by atoms with Gasteiger partial charge in [0.15, 0.2) is 0 Å². The van der Waals surface area contributed by atoms with Crippen molar-refractivity contribution in [2.24, 2.45) is 0 Å². The van der Waals surface area contributed by atoms with Crippen molar-refractivity contribution in [2.45, 2.75) is 19.5 Å². The highest BCUT2D eigenvalue weighted by Crippen LogP contribution is 2.19. The van der Waals surface area contributed by atoms with Gasteiger partial charge >= 0.3 is 0 Å². The van der Waals surface area contributed by atoms with Crippen LogP contribution in [-0.2, 0) is 11.3 Å². The third kappa shape index (κ3) is 4.03. The Kier molecular flexibility index (Phi) is 5.09. The fraction of sp³-hybridized carbons (Fsp3) is 0.222. The first kappa shape index (κ1) is 17.1. The lowest BCUT2D eigenvalue weighted by molar-refractivity contribution is -0.132. The van der Waals surface area contributed by atoms with E-state index in [0.29, 0.717) is 10.8 Å². The van der Waals surface area contributed by atoms with Gasteiger partial charge < -0.3 is 4.90 Å². The van der Waals surface area contributed by atoms with Crippen LogP contribution in [0.2, 0.25) is 5.02 Å². The highest BCUT2D eigenvalue weighted by molar-refractivity contribution is 6.30. The molecule has 1 aromatic heterocycles. The number of nitrogens with zero attached hydrogens (tertiary/aromatic N) is 5. The van der Waals surface area contributed by atoms with Gasteiger partial charge in [-0.15, -0.1) is 10.2 Å². The zero-order chi connectivity index (χ0) is 17.8. The third-order valence-corrected chi connectivity index (χ3v) is 4.34. The summed E-state index contributed by atoms with van der Waals surface area (Å²) < 4.78 is 0. The number of rotatable bonds is 5. The average Bonchev–Trinajstić information content (AvgIpc) is 3.10. The molecule has 3 rings (SSSR count). The number of carbonyl (C=O) groups is 1. The van der Waals surface area contributed by atoms with Crippen LogP contribution in [0.15, 0.2) is 54.6 Å². The zero-order valence-electron chi connectivity index (χ0n) is 14.0. The molecule has 0 saturated carbocycles. The van der Waals surface area contributed by atoms with Crippen molar-refractivity contribution in [1.29, 1.82) is 0 Å². The number of amides is 1. The van der Waals surface area contributed by atoms with Crippen molar-refractivity contribution in [1.82, 2.24) is 25.1 Å². The molecular formula is C18H18ClN5O. The number of likely N-dealkylation sites (N-methyl/N-ethyl adjacent to an activating group) is 1. The molecule has 0 spiro atoms. The van der Waals surface area contributed by atoms with Gasteiger partial charge in [-0.3, -0.25) is 4.79 Å². The Hall–Kier alpha value is -2.73. The van der Waals surface area contributed by atoms with Gasteiger partial charge in [0.1, 0.15) is 6.54 Å². The molecule has 0 aliphatic heterocycles. The van der Waals surface area contributed by atoms with Crippen molar-refractivity contribution < 1.29 is 4.79 Å². The molecule has 6 nitrogen and oxygen atoms in total. The second-order valence-electron chi connectivity index (χ2n) is 5.74. The highest BCUT2D eigenvalue weighted by atomic mass is 35.5. The monoisotopic (exact) mass is 355 g/mol. The summed E-state index contributed by atoms with van der Waals surface area (Å²) in [5.74, 6) is 0.375. The Labute approximate surface area is 151 Å². The number of tetrazole rings is 1. The number of aromatic nitrogens is 4. The number of benzene rings is 2. The maximum Gasteiger partial charge on any atom is 0.246 e. The molecule has 0 saturated heterocycles. The Balaban J connectivity index is 1.68. The number of hydrogen-bond acceptors (Lipinski definition) is 4. The first-order valence-corrected chi connectivity index (χ1v) is 8.27. The summed E-state index contributed by atoms with van der Waals surface area (Å²) >= 11 is 5.88. The molecule has 0 aliphatic carbocycles. The van der Waals surface area contributed by atoms with Crippen LogP contribution >= 0.6 is 11.6 Å². The lowest BCUT2D eigenvalue weighted by Crippen LogP contribution is -2.33. The third-order valence-electron chi connectivity index (χ3n) is 4.09. The highest BCUT2D eigenvalue weighted by Gasteiger charge is 2.18. The summed E-state index contributed by atoms with van der Waals surface area (Å²) in [6.07, 6.45) is 0. The average molecular weight is 356 g/mol. The van der Waals surface area contributed by atoms with E-state index in [0.717, 1.165) is 11.1 Å². The summed E-state index contributed by atoms with van der Waals surface area (Å²) in [7, 11) is 1.77. The maximum atomic E-state index is 12.5. The molecule has 0 N–H and O–H groups in total.